The summed E-state index contributed by atoms with van der Waals surface area (Å²) in [5, 5.41) is 3.19. The normalized spacial score (nSPS) is 24.8. The molecule has 0 amide bonds. The topological polar surface area (TPSA) is 43.4 Å². The van der Waals surface area contributed by atoms with Crippen LogP contribution in [-0.4, -0.2) is 36.4 Å². The second kappa shape index (κ2) is 4.51. The van der Waals surface area contributed by atoms with Gasteiger partial charge in [0.25, 0.3) is 0 Å². The second-order valence-electron chi connectivity index (χ2n) is 6.54. The first-order valence-electron chi connectivity index (χ1n) is 7.02. The lowest BCUT2D eigenvalue weighted by Crippen LogP contribution is -2.47. The van der Waals surface area contributed by atoms with Crippen molar-refractivity contribution in [2.24, 2.45) is 0 Å². The summed E-state index contributed by atoms with van der Waals surface area (Å²) in [6.07, 6.45) is 1.51. The molecule has 108 valence electrons. The van der Waals surface area contributed by atoms with Crippen LogP contribution in [0.5, 0.6) is 0 Å². The zero-order chi connectivity index (χ0) is 14.5. The summed E-state index contributed by atoms with van der Waals surface area (Å²) in [6, 6.07) is 1.37. The monoisotopic (exact) mass is 278 g/mol. The third-order valence-corrected chi connectivity index (χ3v) is 4.62. The maximum atomic E-state index is 14.3. The Morgan fingerprint density at radius 1 is 1.25 bits per heavy atom. The van der Waals surface area contributed by atoms with Gasteiger partial charge in [-0.1, -0.05) is 0 Å². The fourth-order valence-electron chi connectivity index (χ4n) is 2.47. The van der Waals surface area contributed by atoms with Gasteiger partial charge < -0.3 is 14.6 Å². The Morgan fingerprint density at radius 2 is 1.85 bits per heavy atom. The molecule has 1 aromatic rings. The Kier molecular flexibility index (Phi) is 3.16. The van der Waals surface area contributed by atoms with Crippen LogP contribution in [0.2, 0.25) is 0 Å². The first-order chi connectivity index (χ1) is 9.32. The molecule has 3 heterocycles. The Hall–Kier alpha value is -0.975. The van der Waals surface area contributed by atoms with Crippen molar-refractivity contribution in [1.82, 2.24) is 10.3 Å². The van der Waals surface area contributed by atoms with Crippen LogP contribution in [0.25, 0.3) is 0 Å². The molecule has 2 saturated heterocycles. The number of hydrogen-bond donors (Lipinski definition) is 1. The smallest absolute Gasteiger partial charge is 0.399 e. The van der Waals surface area contributed by atoms with E-state index in [1.54, 1.807) is 0 Å². The molecule has 0 aromatic carbocycles. The van der Waals surface area contributed by atoms with Crippen molar-refractivity contribution in [2.45, 2.75) is 44.8 Å². The van der Waals surface area contributed by atoms with Gasteiger partial charge in [-0.25, -0.2) is 4.39 Å². The predicted octanol–water partition coefficient (Wildman–Crippen LogP) is 1.21. The molecule has 0 saturated carbocycles. The van der Waals surface area contributed by atoms with Crippen LogP contribution in [0, 0.1) is 5.82 Å². The van der Waals surface area contributed by atoms with E-state index in [-0.39, 0.29) is 11.7 Å². The number of hydrogen-bond acceptors (Lipinski definition) is 4. The summed E-state index contributed by atoms with van der Waals surface area (Å²) in [6.45, 7) is 9.50. The minimum Gasteiger partial charge on any atom is -0.399 e. The van der Waals surface area contributed by atoms with Gasteiger partial charge in [0.2, 0.25) is 0 Å². The van der Waals surface area contributed by atoms with Crippen molar-refractivity contribution in [1.29, 1.82) is 0 Å². The molecule has 1 N–H and O–H groups in total. The summed E-state index contributed by atoms with van der Waals surface area (Å²) < 4.78 is 26.2. The van der Waals surface area contributed by atoms with Gasteiger partial charge in [0.15, 0.2) is 0 Å². The zero-order valence-electron chi connectivity index (χ0n) is 12.4. The molecule has 0 aliphatic carbocycles. The summed E-state index contributed by atoms with van der Waals surface area (Å²) in [4.78, 5) is 4.36. The number of rotatable bonds is 2. The quantitative estimate of drug-likeness (QED) is 0.826. The van der Waals surface area contributed by atoms with Crippen LogP contribution in [0.4, 0.5) is 4.39 Å². The van der Waals surface area contributed by atoms with Gasteiger partial charge in [0, 0.05) is 36.4 Å². The highest BCUT2D eigenvalue weighted by Crippen LogP contribution is 2.37. The van der Waals surface area contributed by atoms with Crippen LogP contribution in [0.15, 0.2) is 12.3 Å². The molecule has 0 radical (unpaired) electrons. The number of pyridine rings is 1. The number of nitrogens with zero attached hydrogens (tertiary/aromatic N) is 1. The summed E-state index contributed by atoms with van der Waals surface area (Å²) in [7, 11) is -0.690. The highest BCUT2D eigenvalue weighted by molar-refractivity contribution is 6.62. The van der Waals surface area contributed by atoms with E-state index in [2.05, 4.69) is 10.3 Å². The van der Waals surface area contributed by atoms with Crippen molar-refractivity contribution >= 4 is 12.6 Å². The van der Waals surface area contributed by atoms with E-state index in [0.717, 1.165) is 18.8 Å². The van der Waals surface area contributed by atoms with E-state index < -0.39 is 18.3 Å². The third kappa shape index (κ3) is 2.06. The maximum absolute atomic E-state index is 14.3. The minimum absolute atomic E-state index is 0.236. The fourth-order valence-corrected chi connectivity index (χ4v) is 2.47. The van der Waals surface area contributed by atoms with Crippen molar-refractivity contribution in [3.63, 3.8) is 0 Å². The molecular formula is C14H20BFN2O2. The number of nitrogens with one attached hydrogen (secondary N) is 1. The van der Waals surface area contributed by atoms with Gasteiger partial charge in [-0.15, -0.1) is 0 Å². The van der Waals surface area contributed by atoms with Crippen LogP contribution in [0.3, 0.4) is 0 Å². The van der Waals surface area contributed by atoms with E-state index in [1.165, 1.54) is 12.3 Å². The minimum atomic E-state index is -0.690. The first kappa shape index (κ1) is 14.0. The van der Waals surface area contributed by atoms with Crippen LogP contribution >= 0.6 is 0 Å². The molecular weight excluding hydrogens is 258 g/mol. The summed E-state index contributed by atoms with van der Waals surface area (Å²) in [5.41, 5.74) is 0.254. The van der Waals surface area contributed by atoms with Gasteiger partial charge >= 0.3 is 7.12 Å². The lowest BCUT2D eigenvalue weighted by molar-refractivity contribution is 0.00578. The summed E-state index contributed by atoms with van der Waals surface area (Å²) >= 11 is 0. The Morgan fingerprint density at radius 3 is 2.35 bits per heavy atom. The van der Waals surface area contributed by atoms with E-state index in [1.807, 2.05) is 27.7 Å². The SMILES string of the molecule is CC1(C)OB(c2c(F)ccnc2C2CNC2)OC1(C)C. The number of halogens is 1. The molecule has 20 heavy (non-hydrogen) atoms. The number of aromatic nitrogens is 1. The van der Waals surface area contributed by atoms with E-state index in [4.69, 9.17) is 9.31 Å². The molecule has 0 unspecified atom stereocenters. The molecule has 3 rings (SSSR count). The molecule has 6 heteroatoms. The van der Waals surface area contributed by atoms with E-state index in [9.17, 15) is 4.39 Å². The predicted molar refractivity (Wildman–Crippen MR) is 75.5 cm³/mol. The van der Waals surface area contributed by atoms with Crippen molar-refractivity contribution < 1.29 is 13.7 Å². The van der Waals surface area contributed by atoms with E-state index in [0.29, 0.717) is 5.46 Å². The molecule has 1 aromatic heterocycles. The standard InChI is InChI=1S/C14H20BFN2O2/c1-13(2)14(3,4)20-15(19-13)11-10(16)5-6-18-12(11)9-7-17-8-9/h5-6,9,17H,7-8H2,1-4H3. The van der Waals surface area contributed by atoms with Crippen molar-refractivity contribution in [3.8, 4) is 0 Å². The first-order valence-corrected chi connectivity index (χ1v) is 7.02. The molecule has 2 fully saturated rings. The summed E-state index contributed by atoms with van der Waals surface area (Å²) in [5.74, 6) is -0.0693. The lowest BCUT2D eigenvalue weighted by Gasteiger charge is -2.32. The second-order valence-corrected chi connectivity index (χ2v) is 6.54. The average molecular weight is 278 g/mol. The molecule has 2 aliphatic rings. The Balaban J connectivity index is 1.99. The highest BCUT2D eigenvalue weighted by Gasteiger charge is 2.53. The molecule has 4 nitrogen and oxygen atoms in total. The van der Waals surface area contributed by atoms with Crippen molar-refractivity contribution in [3.05, 3.63) is 23.8 Å². The highest BCUT2D eigenvalue weighted by atomic mass is 19.1. The van der Waals surface area contributed by atoms with E-state index >= 15 is 0 Å². The Bertz CT molecular complexity index is 516. The molecule has 0 spiro atoms. The van der Waals surface area contributed by atoms with Gasteiger partial charge in [-0.3, -0.25) is 4.98 Å². The van der Waals surface area contributed by atoms with Gasteiger partial charge in [-0.2, -0.15) is 0 Å². The largest absolute Gasteiger partial charge is 0.499 e. The van der Waals surface area contributed by atoms with Crippen molar-refractivity contribution in [2.75, 3.05) is 13.1 Å². The molecule has 0 bridgehead atoms. The lowest BCUT2D eigenvalue weighted by atomic mass is 9.74. The third-order valence-electron chi connectivity index (χ3n) is 4.62. The van der Waals surface area contributed by atoms with Crippen LogP contribution in [0.1, 0.15) is 39.3 Å². The van der Waals surface area contributed by atoms with Gasteiger partial charge in [-0.05, 0) is 33.8 Å². The molecule has 0 atom stereocenters. The van der Waals surface area contributed by atoms with Crippen LogP contribution in [-0.2, 0) is 9.31 Å². The average Bonchev–Trinajstić information content (AvgIpc) is 2.45. The zero-order valence-corrected chi connectivity index (χ0v) is 12.4. The Labute approximate surface area is 119 Å². The van der Waals surface area contributed by atoms with Gasteiger partial charge in [0.05, 0.1) is 11.2 Å². The van der Waals surface area contributed by atoms with Gasteiger partial charge in [0.1, 0.15) is 5.82 Å². The fraction of sp³-hybridized carbons (Fsp3) is 0.643. The molecule has 2 aliphatic heterocycles. The van der Waals surface area contributed by atoms with Crippen LogP contribution < -0.4 is 10.8 Å². The maximum Gasteiger partial charge on any atom is 0.499 e.